The molecule has 4 rings (SSSR count). The fourth-order valence-corrected chi connectivity index (χ4v) is 4.97. The molecule has 3 aromatic rings. The van der Waals surface area contributed by atoms with Gasteiger partial charge in [0.05, 0.1) is 38.7 Å². The number of hydrogen-bond acceptors (Lipinski definition) is 6. The topological polar surface area (TPSA) is 91.6 Å². The summed E-state index contributed by atoms with van der Waals surface area (Å²) in [6.45, 7) is 5.51. The van der Waals surface area contributed by atoms with Crippen LogP contribution in [0.5, 0.6) is 11.5 Å². The van der Waals surface area contributed by atoms with E-state index in [-0.39, 0.29) is 24.6 Å². The van der Waals surface area contributed by atoms with Gasteiger partial charge in [-0.2, -0.15) is 0 Å². The van der Waals surface area contributed by atoms with Crippen molar-refractivity contribution in [3.05, 3.63) is 76.6 Å². The number of amides is 2. The number of allylic oxidation sites excluding steroid dienone is 1. The Morgan fingerprint density at radius 2 is 1.84 bits per heavy atom. The van der Waals surface area contributed by atoms with Crippen molar-refractivity contribution in [3.8, 4) is 11.5 Å². The number of halogens is 2. The number of aromatic nitrogens is 2. The molecule has 1 unspecified atom stereocenters. The van der Waals surface area contributed by atoms with E-state index in [2.05, 4.69) is 9.97 Å². The van der Waals surface area contributed by atoms with Gasteiger partial charge in [0.25, 0.3) is 0 Å². The molecule has 1 aromatic carbocycles. The van der Waals surface area contributed by atoms with Gasteiger partial charge in [0, 0.05) is 41.0 Å². The third-order valence-corrected chi connectivity index (χ3v) is 6.71. The molecule has 0 fully saturated rings. The number of fused-ring (bicyclic) bond motifs is 1. The zero-order valence-corrected chi connectivity index (χ0v) is 22.7. The Kier molecular flexibility index (Phi) is 8.02. The number of hydrogen-bond donors (Lipinski definition) is 1. The molecule has 0 radical (unpaired) electrons. The van der Waals surface area contributed by atoms with Crippen LogP contribution in [0.15, 0.2) is 42.5 Å². The van der Waals surface area contributed by atoms with E-state index in [0.29, 0.717) is 36.8 Å². The lowest BCUT2D eigenvalue weighted by Crippen LogP contribution is -2.47. The van der Waals surface area contributed by atoms with Gasteiger partial charge in [0.2, 0.25) is 0 Å². The zero-order valence-electron chi connectivity index (χ0n) is 21.7. The normalized spacial score (nSPS) is 13.8. The first-order valence-corrected chi connectivity index (χ1v) is 13.3. The summed E-state index contributed by atoms with van der Waals surface area (Å²) in [6, 6.07) is 5.84. The van der Waals surface area contributed by atoms with Crippen molar-refractivity contribution in [3.63, 3.8) is 0 Å². The molecule has 38 heavy (non-hydrogen) atoms. The van der Waals surface area contributed by atoms with Crippen molar-refractivity contribution in [1.29, 1.82) is 5.41 Å². The fraction of sp³-hybridized carbons (Fsp3) is 0.259. The number of carbonyl (C=O) groups excluding carboxylic acids is 1. The molecule has 1 aliphatic rings. The van der Waals surface area contributed by atoms with Crippen LogP contribution >= 0.6 is 8.58 Å². The quantitative estimate of drug-likeness (QED) is 0.284. The number of nitrogens with one attached hydrogen (secondary N) is 1. The van der Waals surface area contributed by atoms with Gasteiger partial charge in [-0.1, -0.05) is 5.82 Å². The van der Waals surface area contributed by atoms with Crippen LogP contribution in [-0.4, -0.2) is 42.6 Å². The molecule has 8 nitrogen and oxygen atoms in total. The Hall–Kier alpha value is -3.91. The summed E-state index contributed by atoms with van der Waals surface area (Å²) in [5.74, 6) is -0.602. The third kappa shape index (κ3) is 5.09. The molecule has 0 saturated heterocycles. The summed E-state index contributed by atoms with van der Waals surface area (Å²) in [5, 5.41) is 8.19. The van der Waals surface area contributed by atoms with Crippen LogP contribution in [0.2, 0.25) is 0 Å². The van der Waals surface area contributed by atoms with Gasteiger partial charge in [-0.15, -0.1) is 8.58 Å². The van der Waals surface area contributed by atoms with Crippen LogP contribution in [-0.2, 0) is 13.1 Å². The summed E-state index contributed by atoms with van der Waals surface area (Å²) >= 11 is 0. The Morgan fingerprint density at radius 1 is 1.16 bits per heavy atom. The van der Waals surface area contributed by atoms with E-state index in [1.165, 1.54) is 19.1 Å². The van der Waals surface area contributed by atoms with E-state index >= 15 is 8.78 Å². The maximum absolute atomic E-state index is 15.4. The highest BCUT2D eigenvalue weighted by molar-refractivity contribution is 7.41. The van der Waals surface area contributed by atoms with Crippen molar-refractivity contribution in [2.75, 3.05) is 30.7 Å². The highest BCUT2D eigenvalue weighted by atomic mass is 31.1. The van der Waals surface area contributed by atoms with E-state index < -0.39 is 23.4 Å². The Morgan fingerprint density at radius 3 is 2.42 bits per heavy atom. The first-order chi connectivity index (χ1) is 18.2. The average molecular weight is 540 g/mol. The maximum Gasteiger partial charge on any atom is 0.329 e. The second kappa shape index (κ2) is 11.2. The van der Waals surface area contributed by atoms with Gasteiger partial charge in [0.1, 0.15) is 5.69 Å². The summed E-state index contributed by atoms with van der Waals surface area (Å²) in [6.07, 6.45) is 3.22. The van der Waals surface area contributed by atoms with Crippen LogP contribution in [0.3, 0.4) is 0 Å². The van der Waals surface area contributed by atoms with Crippen LogP contribution < -0.4 is 19.3 Å². The lowest BCUT2D eigenvalue weighted by molar-refractivity contribution is 0.249. The SMILES string of the molecule is COc1cc(OC)c(F)c(N2Cc3cnc(/C(=C/PC)C(C)=N)cc3N(Cc3ccnc(C)c3)C2=O)c1F. The predicted molar refractivity (Wildman–Crippen MR) is 146 cm³/mol. The largest absolute Gasteiger partial charge is 0.493 e. The Balaban J connectivity index is 1.90. The van der Waals surface area contributed by atoms with Gasteiger partial charge in [0.15, 0.2) is 23.1 Å². The molecule has 2 amide bonds. The molecule has 1 N–H and O–H groups in total. The summed E-state index contributed by atoms with van der Waals surface area (Å²) in [5.41, 5.74) is 3.67. The van der Waals surface area contributed by atoms with Crippen molar-refractivity contribution in [2.45, 2.75) is 26.9 Å². The molecule has 1 atom stereocenters. The van der Waals surface area contributed by atoms with Gasteiger partial charge in [-0.3, -0.25) is 19.8 Å². The third-order valence-electron chi connectivity index (χ3n) is 6.13. The van der Waals surface area contributed by atoms with Gasteiger partial charge in [-0.05, 0) is 44.3 Å². The van der Waals surface area contributed by atoms with Crippen LogP contribution in [0.4, 0.5) is 25.0 Å². The van der Waals surface area contributed by atoms with Gasteiger partial charge in [-0.25, -0.2) is 13.6 Å². The number of anilines is 2. The number of carbonyl (C=O) groups is 1. The molecule has 0 aliphatic carbocycles. The molecule has 0 bridgehead atoms. The minimum absolute atomic E-state index is 0.123. The van der Waals surface area contributed by atoms with Crippen molar-refractivity contribution < 1.29 is 23.0 Å². The van der Waals surface area contributed by atoms with Crippen molar-refractivity contribution in [1.82, 2.24) is 9.97 Å². The van der Waals surface area contributed by atoms with Crippen molar-refractivity contribution >= 4 is 37.3 Å². The molecular weight excluding hydrogens is 511 g/mol. The maximum atomic E-state index is 15.4. The average Bonchev–Trinajstić information content (AvgIpc) is 2.89. The first kappa shape index (κ1) is 27.1. The second-order valence-corrected chi connectivity index (χ2v) is 9.55. The van der Waals surface area contributed by atoms with Crippen LogP contribution in [0.1, 0.15) is 29.4 Å². The van der Waals surface area contributed by atoms with Crippen molar-refractivity contribution in [2.24, 2.45) is 0 Å². The number of benzene rings is 1. The minimum atomic E-state index is -1.01. The summed E-state index contributed by atoms with van der Waals surface area (Å²) < 4.78 is 41.1. The molecule has 3 heterocycles. The molecule has 198 valence electrons. The zero-order chi connectivity index (χ0) is 27.6. The molecule has 0 saturated carbocycles. The van der Waals surface area contributed by atoms with E-state index in [9.17, 15) is 4.79 Å². The Bertz CT molecular complexity index is 1420. The van der Waals surface area contributed by atoms with E-state index in [1.54, 1.807) is 31.5 Å². The lowest BCUT2D eigenvalue weighted by Gasteiger charge is -2.37. The molecule has 1 aliphatic heterocycles. The number of aryl methyl sites for hydroxylation is 1. The smallest absolute Gasteiger partial charge is 0.329 e. The number of rotatable bonds is 8. The predicted octanol–water partition coefficient (Wildman–Crippen LogP) is 5.92. The number of ether oxygens (including phenoxy) is 2. The Labute approximate surface area is 221 Å². The number of methoxy groups -OCH3 is 2. The molecule has 0 spiro atoms. The molecular formula is C27H28F2N5O3P. The fourth-order valence-electron chi connectivity index (χ4n) is 4.32. The molecule has 2 aromatic heterocycles. The van der Waals surface area contributed by atoms with E-state index in [1.807, 2.05) is 25.5 Å². The summed E-state index contributed by atoms with van der Waals surface area (Å²) in [4.78, 5) is 25.2. The van der Waals surface area contributed by atoms with Crippen LogP contribution in [0.25, 0.3) is 5.57 Å². The van der Waals surface area contributed by atoms with Gasteiger partial charge >= 0.3 is 6.03 Å². The number of urea groups is 1. The first-order valence-electron chi connectivity index (χ1n) is 11.7. The van der Waals surface area contributed by atoms with E-state index in [4.69, 9.17) is 14.9 Å². The number of nitrogens with zero attached hydrogens (tertiary/aromatic N) is 4. The highest BCUT2D eigenvalue weighted by Crippen LogP contribution is 2.41. The lowest BCUT2D eigenvalue weighted by atomic mass is 10.0. The van der Waals surface area contributed by atoms with E-state index in [0.717, 1.165) is 22.2 Å². The number of pyridine rings is 2. The molecule has 11 heteroatoms. The standard InChI is InChI=1S/C27H28F2N5O3P/c1-15-8-17(6-7-31-15)12-33-21-9-20(19(14-38-5)16(2)30)32-11-18(21)13-34(27(33)35)26-24(28)22(36-3)10-23(37-4)25(26)29/h6-11,14,30,38H,12-13H2,1-5H3/b19-14+,30-16?. The minimum Gasteiger partial charge on any atom is -0.493 e. The monoisotopic (exact) mass is 539 g/mol. The van der Waals surface area contributed by atoms with Gasteiger partial charge < -0.3 is 14.9 Å². The second-order valence-electron chi connectivity index (χ2n) is 8.69. The highest BCUT2D eigenvalue weighted by Gasteiger charge is 2.37. The summed E-state index contributed by atoms with van der Waals surface area (Å²) in [7, 11) is 2.96. The van der Waals surface area contributed by atoms with Crippen LogP contribution in [0, 0.1) is 24.0 Å².